The van der Waals surface area contributed by atoms with Gasteiger partial charge in [-0.25, -0.2) is 4.79 Å². The van der Waals surface area contributed by atoms with E-state index in [9.17, 15) is 19.5 Å². The van der Waals surface area contributed by atoms with Crippen LogP contribution in [0.5, 0.6) is 0 Å². The van der Waals surface area contributed by atoms with Gasteiger partial charge in [0.15, 0.2) is 0 Å². The van der Waals surface area contributed by atoms with Crippen molar-refractivity contribution in [3.05, 3.63) is 23.3 Å². The first-order chi connectivity index (χ1) is 13.5. The molecule has 0 spiro atoms. The summed E-state index contributed by atoms with van der Waals surface area (Å²) in [5, 5.41) is 10.8. The van der Waals surface area contributed by atoms with E-state index < -0.39 is 18.0 Å². The highest BCUT2D eigenvalue weighted by molar-refractivity contribution is 5.82. The molecule has 0 heterocycles. The van der Waals surface area contributed by atoms with Gasteiger partial charge in [-0.3, -0.25) is 9.59 Å². The molecular weight excluding hydrogens is 372 g/mol. The van der Waals surface area contributed by atoms with Crippen LogP contribution in [0, 0.1) is 22.7 Å². The molecule has 0 saturated heterocycles. The topological polar surface area (TPSA) is 89.9 Å². The first-order valence-corrected chi connectivity index (χ1v) is 10.3. The number of aliphatic hydroxyl groups excluding tert-OH is 1. The second kappa shape index (κ2) is 9.24. The second-order valence-corrected chi connectivity index (χ2v) is 9.30. The third-order valence-electron chi connectivity index (χ3n) is 6.87. The summed E-state index contributed by atoms with van der Waals surface area (Å²) >= 11 is 0. The SMILES string of the molecule is COC(=O)C=C(CCC1C(C=O)=CC(O)C2C(C)(C)CCCC12C)COC(C)=O. The van der Waals surface area contributed by atoms with Crippen molar-refractivity contribution in [2.75, 3.05) is 13.7 Å². The Morgan fingerprint density at radius 1 is 1.28 bits per heavy atom. The molecule has 29 heavy (non-hydrogen) atoms. The van der Waals surface area contributed by atoms with Gasteiger partial charge in [0.25, 0.3) is 0 Å². The molecule has 0 aliphatic heterocycles. The Morgan fingerprint density at radius 2 is 1.97 bits per heavy atom. The zero-order valence-electron chi connectivity index (χ0n) is 18.2. The third kappa shape index (κ3) is 5.16. The number of ether oxygens (including phenoxy) is 2. The highest BCUT2D eigenvalue weighted by atomic mass is 16.5. The predicted molar refractivity (Wildman–Crippen MR) is 109 cm³/mol. The fraction of sp³-hybridized carbons (Fsp3) is 0.696. The summed E-state index contributed by atoms with van der Waals surface area (Å²) < 4.78 is 9.80. The molecule has 2 aliphatic rings. The van der Waals surface area contributed by atoms with E-state index in [1.165, 1.54) is 20.1 Å². The van der Waals surface area contributed by atoms with E-state index in [2.05, 4.69) is 20.8 Å². The van der Waals surface area contributed by atoms with E-state index >= 15 is 0 Å². The zero-order valence-corrected chi connectivity index (χ0v) is 18.2. The molecule has 6 nitrogen and oxygen atoms in total. The minimum Gasteiger partial charge on any atom is -0.466 e. The van der Waals surface area contributed by atoms with Crippen LogP contribution in [-0.2, 0) is 23.9 Å². The quantitative estimate of drug-likeness (QED) is 0.396. The number of carbonyl (C=O) groups is 3. The number of hydrogen-bond acceptors (Lipinski definition) is 6. The summed E-state index contributed by atoms with van der Waals surface area (Å²) in [7, 11) is 1.30. The lowest BCUT2D eigenvalue weighted by atomic mass is 9.47. The summed E-state index contributed by atoms with van der Waals surface area (Å²) in [4.78, 5) is 34.8. The molecular formula is C23H34O6. The van der Waals surface area contributed by atoms with E-state index in [1.807, 2.05) is 0 Å². The van der Waals surface area contributed by atoms with Crippen LogP contribution in [-0.4, -0.2) is 43.2 Å². The highest BCUT2D eigenvalue weighted by Gasteiger charge is 2.55. The summed E-state index contributed by atoms with van der Waals surface area (Å²) in [6, 6.07) is 0. The molecule has 1 N–H and O–H groups in total. The number of aldehydes is 1. The van der Waals surface area contributed by atoms with Crippen molar-refractivity contribution in [1.82, 2.24) is 0 Å². The fourth-order valence-corrected chi connectivity index (χ4v) is 5.72. The van der Waals surface area contributed by atoms with Crippen LogP contribution < -0.4 is 0 Å². The number of esters is 2. The molecule has 4 unspecified atom stereocenters. The van der Waals surface area contributed by atoms with E-state index in [4.69, 9.17) is 9.47 Å². The Hall–Kier alpha value is -1.95. The minimum absolute atomic E-state index is 0.0194. The van der Waals surface area contributed by atoms with Crippen LogP contribution in [0.4, 0.5) is 0 Å². The van der Waals surface area contributed by atoms with Crippen LogP contribution in [0.2, 0.25) is 0 Å². The Morgan fingerprint density at radius 3 is 2.55 bits per heavy atom. The monoisotopic (exact) mass is 406 g/mol. The van der Waals surface area contributed by atoms with Crippen molar-refractivity contribution in [2.45, 2.75) is 65.9 Å². The van der Waals surface area contributed by atoms with Crippen LogP contribution in [0.25, 0.3) is 0 Å². The van der Waals surface area contributed by atoms with Crippen LogP contribution in [0.1, 0.15) is 59.8 Å². The van der Waals surface area contributed by atoms with Crippen molar-refractivity contribution < 1.29 is 29.0 Å². The highest BCUT2D eigenvalue weighted by Crippen LogP contribution is 2.60. The maximum atomic E-state index is 11.8. The Kier molecular flexibility index (Phi) is 7.44. The van der Waals surface area contributed by atoms with Gasteiger partial charge >= 0.3 is 11.9 Å². The molecule has 2 aliphatic carbocycles. The maximum Gasteiger partial charge on any atom is 0.330 e. The fourth-order valence-electron chi connectivity index (χ4n) is 5.72. The van der Waals surface area contributed by atoms with Gasteiger partial charge in [-0.2, -0.15) is 0 Å². The van der Waals surface area contributed by atoms with Gasteiger partial charge < -0.3 is 14.6 Å². The zero-order chi connectivity index (χ0) is 21.8. The molecule has 6 heteroatoms. The lowest BCUT2D eigenvalue weighted by Crippen LogP contribution is -2.54. The average Bonchev–Trinajstić information content (AvgIpc) is 2.63. The van der Waals surface area contributed by atoms with Crippen molar-refractivity contribution in [3.63, 3.8) is 0 Å². The van der Waals surface area contributed by atoms with Crippen molar-refractivity contribution in [1.29, 1.82) is 0 Å². The number of carbonyl (C=O) groups excluding carboxylic acids is 3. The third-order valence-corrected chi connectivity index (χ3v) is 6.87. The minimum atomic E-state index is -0.641. The molecule has 0 aromatic rings. The molecule has 4 atom stereocenters. The molecule has 1 fully saturated rings. The van der Waals surface area contributed by atoms with Crippen molar-refractivity contribution in [2.24, 2.45) is 22.7 Å². The normalized spacial score (nSPS) is 31.3. The molecule has 1 saturated carbocycles. The molecule has 162 valence electrons. The van der Waals surface area contributed by atoms with Gasteiger partial charge in [0.05, 0.1) is 13.2 Å². The molecule has 0 radical (unpaired) electrons. The Bertz CT molecular complexity index is 704. The average molecular weight is 407 g/mol. The standard InChI is InChI=1S/C23H34O6/c1-15(25)29-14-16(11-20(27)28-5)7-8-18-17(13-24)12-19(26)21-22(2,3)9-6-10-23(18,21)4/h11-13,18-19,21,26H,6-10,14H2,1-5H3. The van der Waals surface area contributed by atoms with Gasteiger partial charge in [-0.1, -0.05) is 27.2 Å². The van der Waals surface area contributed by atoms with E-state index in [0.29, 0.717) is 24.0 Å². The van der Waals surface area contributed by atoms with Gasteiger partial charge in [0, 0.05) is 13.0 Å². The summed E-state index contributed by atoms with van der Waals surface area (Å²) in [5.41, 5.74) is 1.03. The van der Waals surface area contributed by atoms with Gasteiger partial charge in [0.1, 0.15) is 12.9 Å². The predicted octanol–water partition coefficient (Wildman–Crippen LogP) is 3.38. The van der Waals surface area contributed by atoms with Crippen LogP contribution in [0.15, 0.2) is 23.3 Å². The summed E-state index contributed by atoms with van der Waals surface area (Å²) in [6.45, 7) is 7.91. The van der Waals surface area contributed by atoms with Crippen molar-refractivity contribution >= 4 is 18.2 Å². The largest absolute Gasteiger partial charge is 0.466 e. The molecule has 0 bridgehead atoms. The smallest absolute Gasteiger partial charge is 0.330 e. The number of aliphatic hydroxyl groups is 1. The number of rotatable bonds is 7. The van der Waals surface area contributed by atoms with Gasteiger partial charge in [-0.15, -0.1) is 0 Å². The number of allylic oxidation sites excluding steroid dienone is 1. The van der Waals surface area contributed by atoms with E-state index in [-0.39, 0.29) is 29.3 Å². The Balaban J connectivity index is 2.30. The number of methoxy groups -OCH3 is 1. The van der Waals surface area contributed by atoms with Gasteiger partial charge in [-0.05, 0) is 65.6 Å². The number of fused-ring (bicyclic) bond motifs is 1. The maximum absolute atomic E-state index is 11.8. The second-order valence-electron chi connectivity index (χ2n) is 9.30. The summed E-state index contributed by atoms with van der Waals surface area (Å²) in [6.07, 6.45) is 7.44. The molecule has 0 aromatic heterocycles. The van der Waals surface area contributed by atoms with Crippen LogP contribution >= 0.6 is 0 Å². The Labute approximate surface area is 173 Å². The van der Waals surface area contributed by atoms with Crippen LogP contribution in [0.3, 0.4) is 0 Å². The number of hydrogen-bond donors (Lipinski definition) is 1. The lowest BCUT2D eigenvalue weighted by molar-refractivity contribution is -0.140. The summed E-state index contributed by atoms with van der Waals surface area (Å²) in [5.74, 6) is -0.901. The van der Waals surface area contributed by atoms with Gasteiger partial charge in [0.2, 0.25) is 0 Å². The van der Waals surface area contributed by atoms with E-state index in [0.717, 1.165) is 25.5 Å². The first kappa shape index (κ1) is 23.3. The molecule has 0 aromatic carbocycles. The lowest BCUT2D eigenvalue weighted by Gasteiger charge is -2.58. The van der Waals surface area contributed by atoms with Crippen molar-refractivity contribution in [3.8, 4) is 0 Å². The van der Waals surface area contributed by atoms with E-state index in [1.54, 1.807) is 6.08 Å². The molecule has 2 rings (SSSR count). The molecule has 0 amide bonds. The first-order valence-electron chi connectivity index (χ1n) is 10.3.